The Morgan fingerprint density at radius 3 is 2.76 bits per heavy atom. The van der Waals surface area contributed by atoms with Gasteiger partial charge in [0.05, 0.1) is 18.7 Å². The molecule has 0 unspecified atom stereocenters. The van der Waals surface area contributed by atoms with E-state index in [1.54, 1.807) is 13.0 Å². The first-order valence-electron chi connectivity index (χ1n) is 11.5. The molecule has 2 aromatic carbocycles. The van der Waals surface area contributed by atoms with E-state index in [9.17, 15) is 13.6 Å². The minimum absolute atomic E-state index is 0.181. The molecule has 5 rings (SSSR count). The number of carbonyl (C=O) groups excluding carboxylic acids is 1. The molecule has 0 radical (unpaired) electrons. The van der Waals surface area contributed by atoms with Gasteiger partial charge in [-0.25, -0.2) is 8.78 Å². The molecule has 0 bridgehead atoms. The molecule has 3 aromatic rings. The van der Waals surface area contributed by atoms with Gasteiger partial charge in [0.15, 0.2) is 11.6 Å². The zero-order chi connectivity index (χ0) is 22.9. The first-order valence-corrected chi connectivity index (χ1v) is 11.5. The molecule has 0 spiro atoms. The van der Waals surface area contributed by atoms with Crippen LogP contribution in [0.5, 0.6) is 0 Å². The van der Waals surface area contributed by atoms with Crippen LogP contribution in [-0.4, -0.2) is 36.6 Å². The summed E-state index contributed by atoms with van der Waals surface area (Å²) < 4.78 is 40.9. The van der Waals surface area contributed by atoms with Crippen LogP contribution in [-0.2, 0) is 27.2 Å². The average molecular weight is 453 g/mol. The normalized spacial score (nSPS) is 15.8. The minimum Gasteiger partial charge on any atom is -0.466 e. The second kappa shape index (κ2) is 9.06. The summed E-state index contributed by atoms with van der Waals surface area (Å²) in [6.07, 6.45) is 4.28. The molecule has 1 aromatic heterocycles. The third-order valence-electron chi connectivity index (χ3n) is 6.52. The van der Waals surface area contributed by atoms with Crippen molar-refractivity contribution in [3.63, 3.8) is 0 Å². The molecule has 0 N–H and O–H groups in total. The minimum atomic E-state index is -0.886. The van der Waals surface area contributed by atoms with E-state index < -0.39 is 11.6 Å². The van der Waals surface area contributed by atoms with E-state index in [-0.39, 0.29) is 18.3 Å². The predicted octanol–water partition coefficient (Wildman–Crippen LogP) is 5.23. The molecule has 0 saturated carbocycles. The number of aliphatic imine (C=N–C) groups is 1. The summed E-state index contributed by atoms with van der Waals surface area (Å²) in [6, 6.07) is 8.22. The highest BCUT2D eigenvalue weighted by molar-refractivity contribution is 5.96. The van der Waals surface area contributed by atoms with Gasteiger partial charge in [-0.1, -0.05) is 0 Å². The molecule has 2 aliphatic heterocycles. The summed E-state index contributed by atoms with van der Waals surface area (Å²) in [5.74, 6) is -1.82. The van der Waals surface area contributed by atoms with E-state index in [2.05, 4.69) is 17.1 Å². The molecular weight excluding hydrogens is 426 g/mol. The number of fused-ring (bicyclic) bond motifs is 2. The topological polar surface area (TPSA) is 52.8 Å². The molecule has 0 atom stereocenters. The Morgan fingerprint density at radius 2 is 2.00 bits per heavy atom. The van der Waals surface area contributed by atoms with Crippen molar-refractivity contribution in [1.82, 2.24) is 4.57 Å². The first-order chi connectivity index (χ1) is 16.1. The molecule has 1 saturated heterocycles. The van der Waals surface area contributed by atoms with Crippen LogP contribution in [0.15, 0.2) is 35.3 Å². The molecule has 5 nitrogen and oxygen atoms in total. The molecular formula is C26H26F2N2O3. The van der Waals surface area contributed by atoms with Crippen molar-refractivity contribution < 1.29 is 23.0 Å². The second-order valence-corrected chi connectivity index (χ2v) is 8.53. The third kappa shape index (κ3) is 4.06. The van der Waals surface area contributed by atoms with Gasteiger partial charge in [0.25, 0.3) is 0 Å². The lowest BCUT2D eigenvalue weighted by atomic mass is 9.90. The maximum absolute atomic E-state index is 14.3. The van der Waals surface area contributed by atoms with Crippen molar-refractivity contribution >= 4 is 23.1 Å². The number of hydrogen-bond acceptors (Lipinski definition) is 4. The van der Waals surface area contributed by atoms with E-state index in [0.29, 0.717) is 38.5 Å². The summed E-state index contributed by atoms with van der Waals surface area (Å²) in [7, 11) is 0. The predicted molar refractivity (Wildman–Crippen MR) is 122 cm³/mol. The number of hydrogen-bond donors (Lipinski definition) is 0. The summed E-state index contributed by atoms with van der Waals surface area (Å²) in [6.45, 7) is 4.04. The number of ether oxygens (including phenoxy) is 2. The summed E-state index contributed by atoms with van der Waals surface area (Å²) in [5, 5.41) is 1.02. The standard InChI is InChI=1S/C26H26F2N2O3/c1-2-33-25(31)6-4-20-21-11-17-14-29-15-18(17)12-24(21)30(19-3-5-22(27)23(28)13-19)26(20)16-7-9-32-10-8-16/h3,5,11-13,15-16H,2,4,6-10,14H2,1H3. The van der Waals surface area contributed by atoms with Gasteiger partial charge in [0, 0.05) is 54.6 Å². The summed E-state index contributed by atoms with van der Waals surface area (Å²) >= 11 is 0. The zero-order valence-corrected chi connectivity index (χ0v) is 18.6. The lowest BCUT2D eigenvalue weighted by Gasteiger charge is -2.25. The smallest absolute Gasteiger partial charge is 0.306 e. The van der Waals surface area contributed by atoms with E-state index >= 15 is 0 Å². The van der Waals surface area contributed by atoms with Crippen molar-refractivity contribution in [1.29, 1.82) is 0 Å². The van der Waals surface area contributed by atoms with Gasteiger partial charge >= 0.3 is 5.97 Å². The van der Waals surface area contributed by atoms with Crippen LogP contribution in [0.3, 0.4) is 0 Å². The Kier molecular flexibility index (Phi) is 5.98. The van der Waals surface area contributed by atoms with Gasteiger partial charge in [-0.05, 0) is 67.1 Å². The largest absolute Gasteiger partial charge is 0.466 e. The van der Waals surface area contributed by atoms with Gasteiger partial charge in [-0.15, -0.1) is 0 Å². The van der Waals surface area contributed by atoms with E-state index in [0.717, 1.165) is 52.2 Å². The van der Waals surface area contributed by atoms with Crippen molar-refractivity contribution in [2.45, 2.75) is 45.1 Å². The van der Waals surface area contributed by atoms with Gasteiger partial charge in [-0.3, -0.25) is 9.79 Å². The molecule has 2 aliphatic rings. The molecule has 0 aliphatic carbocycles. The third-order valence-corrected chi connectivity index (χ3v) is 6.52. The fourth-order valence-corrected chi connectivity index (χ4v) is 5.00. The lowest BCUT2D eigenvalue weighted by Crippen LogP contribution is -2.18. The van der Waals surface area contributed by atoms with Crippen LogP contribution < -0.4 is 0 Å². The number of halogens is 2. The van der Waals surface area contributed by atoms with E-state index in [1.807, 2.05) is 10.8 Å². The van der Waals surface area contributed by atoms with Crippen molar-refractivity contribution in [3.8, 4) is 5.69 Å². The number of aromatic nitrogens is 1. The van der Waals surface area contributed by atoms with Crippen LogP contribution in [0.2, 0.25) is 0 Å². The van der Waals surface area contributed by atoms with Gasteiger partial charge < -0.3 is 14.0 Å². The van der Waals surface area contributed by atoms with Crippen LogP contribution in [0.4, 0.5) is 8.78 Å². The molecule has 1 fully saturated rings. The molecule has 7 heteroatoms. The van der Waals surface area contributed by atoms with Crippen molar-refractivity contribution in [3.05, 3.63) is 64.4 Å². The van der Waals surface area contributed by atoms with Crippen LogP contribution in [0, 0.1) is 11.6 Å². The highest BCUT2D eigenvalue weighted by atomic mass is 19.2. The van der Waals surface area contributed by atoms with Crippen molar-refractivity contribution in [2.75, 3.05) is 19.8 Å². The highest BCUT2D eigenvalue weighted by Crippen LogP contribution is 2.40. The monoisotopic (exact) mass is 452 g/mol. The van der Waals surface area contributed by atoms with Gasteiger partial charge in [0.2, 0.25) is 0 Å². The lowest BCUT2D eigenvalue weighted by molar-refractivity contribution is -0.143. The Labute approximate surface area is 191 Å². The van der Waals surface area contributed by atoms with Crippen molar-refractivity contribution in [2.24, 2.45) is 4.99 Å². The SMILES string of the molecule is CCOC(=O)CCc1c(C2CCOCC2)n(-c2ccc(F)c(F)c2)c2cc3c(cc12)CN=C3. The van der Waals surface area contributed by atoms with Gasteiger partial charge in [0.1, 0.15) is 0 Å². The molecule has 33 heavy (non-hydrogen) atoms. The number of nitrogens with zero attached hydrogens (tertiary/aromatic N) is 2. The Morgan fingerprint density at radius 1 is 1.18 bits per heavy atom. The number of carbonyl (C=O) groups is 1. The van der Waals surface area contributed by atoms with Gasteiger partial charge in [-0.2, -0.15) is 0 Å². The highest BCUT2D eigenvalue weighted by Gasteiger charge is 2.28. The summed E-state index contributed by atoms with van der Waals surface area (Å²) in [5.41, 5.74) is 5.74. The second-order valence-electron chi connectivity index (χ2n) is 8.53. The van der Waals surface area contributed by atoms with E-state index in [1.165, 1.54) is 6.07 Å². The Balaban J connectivity index is 1.75. The maximum atomic E-state index is 14.3. The number of benzene rings is 2. The Hall–Kier alpha value is -3.06. The summed E-state index contributed by atoms with van der Waals surface area (Å²) in [4.78, 5) is 16.6. The quantitative estimate of drug-likeness (QED) is 0.481. The zero-order valence-electron chi connectivity index (χ0n) is 18.6. The maximum Gasteiger partial charge on any atom is 0.306 e. The molecule has 3 heterocycles. The number of aryl methyl sites for hydroxylation is 1. The van der Waals surface area contributed by atoms with E-state index in [4.69, 9.17) is 9.47 Å². The fraction of sp³-hybridized carbons (Fsp3) is 0.385. The fourth-order valence-electron chi connectivity index (χ4n) is 5.00. The molecule has 172 valence electrons. The van der Waals surface area contributed by atoms with Crippen LogP contribution in [0.25, 0.3) is 16.6 Å². The van der Waals surface area contributed by atoms with Crippen LogP contribution in [0.1, 0.15) is 54.5 Å². The van der Waals surface area contributed by atoms with Crippen LogP contribution >= 0.6 is 0 Å². The first kappa shape index (κ1) is 21.8. The number of esters is 1. The Bertz CT molecular complexity index is 1240. The molecule has 0 amide bonds. The average Bonchev–Trinajstić information content (AvgIpc) is 3.40. The number of rotatable bonds is 6.